The van der Waals surface area contributed by atoms with E-state index in [4.69, 9.17) is 33.3 Å². The average Bonchev–Trinajstić information content (AvgIpc) is 3.72. The first kappa shape index (κ1) is 28.8. The lowest BCUT2D eigenvalue weighted by Gasteiger charge is -2.27. The number of nitrogen functional groups attached to an aromatic ring is 1. The van der Waals surface area contributed by atoms with Crippen molar-refractivity contribution >= 4 is 43.7 Å². The van der Waals surface area contributed by atoms with Crippen molar-refractivity contribution in [3.05, 3.63) is 43.2 Å². The number of aliphatic hydroxyl groups is 2. The SMILES string of the molecule is Nc1ncnc2c1ncn2C1OC2COP(=O)(O)OC3C(COP(=O)(O)OC2C1O)OC(n1cnc2ccccc21)C3O. The fourth-order valence-corrected chi connectivity index (χ4v) is 7.30. The number of hydrogen-bond acceptors (Lipinski definition) is 15. The quantitative estimate of drug-likeness (QED) is 0.180. The number of phosphoric acid groups is 2. The van der Waals surface area contributed by atoms with Gasteiger partial charge in [0, 0.05) is 0 Å². The number of ether oxygens (including phenoxy) is 2. The van der Waals surface area contributed by atoms with Crippen LogP contribution < -0.4 is 5.73 Å². The number of anilines is 1. The Labute approximate surface area is 240 Å². The Kier molecular flexibility index (Phi) is 7.13. The van der Waals surface area contributed by atoms with Gasteiger partial charge in [0.05, 0.1) is 36.9 Å². The van der Waals surface area contributed by atoms with Gasteiger partial charge in [0.1, 0.15) is 48.5 Å². The molecule has 3 fully saturated rings. The van der Waals surface area contributed by atoms with Gasteiger partial charge in [-0.1, -0.05) is 12.1 Å². The van der Waals surface area contributed by atoms with E-state index in [0.29, 0.717) is 11.0 Å². The van der Waals surface area contributed by atoms with E-state index in [0.717, 1.165) is 0 Å². The molecule has 0 saturated carbocycles. The molecule has 0 bridgehead atoms. The third-order valence-electron chi connectivity index (χ3n) is 7.35. The van der Waals surface area contributed by atoms with Gasteiger partial charge in [0.2, 0.25) is 0 Å². The van der Waals surface area contributed by atoms with Crippen LogP contribution in [0.25, 0.3) is 22.2 Å². The molecule has 3 aromatic heterocycles. The molecular weight excluding hydrogens is 616 g/mol. The largest absolute Gasteiger partial charge is 0.472 e. The van der Waals surface area contributed by atoms with Gasteiger partial charge >= 0.3 is 15.6 Å². The molecule has 230 valence electrons. The number of fused-ring (bicyclic) bond motifs is 4. The van der Waals surface area contributed by atoms with E-state index in [2.05, 4.69) is 19.9 Å². The van der Waals surface area contributed by atoms with Gasteiger partial charge in [0.15, 0.2) is 23.9 Å². The van der Waals surface area contributed by atoms with Crippen LogP contribution in [0.2, 0.25) is 0 Å². The summed E-state index contributed by atoms with van der Waals surface area (Å²) in [6.45, 7) is -1.47. The van der Waals surface area contributed by atoms with Crippen LogP contribution in [-0.4, -0.2) is 98.9 Å². The molecular formula is C22H25N7O12P2. The standard InChI is InChI=1S/C22H25N7O12P2/c23-19-14-20(25-7-24-19)29(9-27-14)22-16(31)18-13(39-22)6-37-42(32,33)40-17-12(5-36-43(34,35)41-18)38-21(15(17)30)28-8-26-10-3-1-2-4-11(10)28/h1-4,7-9,12-13,15-18,21-22,30-31H,5-6H2,(H,32,33)(H,34,35)(H2,23,24,25). The Morgan fingerprint density at radius 2 is 1.40 bits per heavy atom. The fraction of sp³-hybridized carbons (Fsp3) is 0.455. The maximum atomic E-state index is 13.1. The van der Waals surface area contributed by atoms with Crippen molar-refractivity contribution in [2.24, 2.45) is 0 Å². The normalized spacial score (nSPS) is 38.9. The minimum Gasteiger partial charge on any atom is -0.386 e. The molecule has 6 N–H and O–H groups in total. The Balaban J connectivity index is 1.16. The fourth-order valence-electron chi connectivity index (χ4n) is 5.37. The Bertz CT molecular complexity index is 1770. The summed E-state index contributed by atoms with van der Waals surface area (Å²) >= 11 is 0. The van der Waals surface area contributed by atoms with E-state index in [1.807, 2.05) is 0 Å². The van der Waals surface area contributed by atoms with E-state index >= 15 is 0 Å². The molecule has 1 aromatic carbocycles. The number of hydrogen-bond donors (Lipinski definition) is 5. The molecule has 19 nitrogen and oxygen atoms in total. The highest BCUT2D eigenvalue weighted by Gasteiger charge is 2.53. The molecule has 0 aliphatic carbocycles. The molecule has 0 spiro atoms. The lowest BCUT2D eigenvalue weighted by molar-refractivity contribution is -0.0663. The molecule has 7 rings (SSSR count). The Morgan fingerprint density at radius 1 is 0.814 bits per heavy atom. The molecule has 43 heavy (non-hydrogen) atoms. The van der Waals surface area contributed by atoms with E-state index in [9.17, 15) is 29.1 Å². The molecule has 3 saturated heterocycles. The van der Waals surface area contributed by atoms with Crippen molar-refractivity contribution < 1.29 is 56.7 Å². The van der Waals surface area contributed by atoms with Gasteiger partial charge in [-0.25, -0.2) is 29.1 Å². The first-order valence-electron chi connectivity index (χ1n) is 12.8. The van der Waals surface area contributed by atoms with Gasteiger partial charge < -0.3 is 39.8 Å². The number of phosphoric ester groups is 2. The molecule has 10 unspecified atom stereocenters. The zero-order valence-corrected chi connectivity index (χ0v) is 23.6. The maximum absolute atomic E-state index is 13.1. The predicted molar refractivity (Wildman–Crippen MR) is 141 cm³/mol. The Hall–Kier alpha value is -2.90. The molecule has 10 atom stereocenters. The highest BCUT2D eigenvalue weighted by atomic mass is 31.2. The van der Waals surface area contributed by atoms with Crippen molar-refractivity contribution in [2.75, 3.05) is 18.9 Å². The summed E-state index contributed by atoms with van der Waals surface area (Å²) in [5.41, 5.74) is 7.39. The van der Waals surface area contributed by atoms with Crippen LogP contribution in [0.4, 0.5) is 5.82 Å². The number of nitrogens with zero attached hydrogens (tertiary/aromatic N) is 6. The van der Waals surface area contributed by atoms with Crippen molar-refractivity contribution in [3.63, 3.8) is 0 Å². The van der Waals surface area contributed by atoms with Crippen molar-refractivity contribution in [1.82, 2.24) is 29.1 Å². The van der Waals surface area contributed by atoms with E-state index in [-0.39, 0.29) is 17.0 Å². The molecule has 4 aromatic rings. The summed E-state index contributed by atoms with van der Waals surface area (Å²) in [5, 5.41) is 22.2. The first-order chi connectivity index (χ1) is 20.5. The van der Waals surface area contributed by atoms with Gasteiger partial charge in [-0.05, 0) is 12.1 Å². The highest BCUT2D eigenvalue weighted by molar-refractivity contribution is 7.47. The number of nitrogens with two attached hydrogens (primary N) is 1. The predicted octanol–water partition coefficient (Wildman–Crippen LogP) is -0.00700. The van der Waals surface area contributed by atoms with Crippen LogP contribution in [0.1, 0.15) is 12.5 Å². The number of rotatable bonds is 2. The average molecular weight is 641 g/mol. The van der Waals surface area contributed by atoms with Gasteiger partial charge in [0.25, 0.3) is 0 Å². The summed E-state index contributed by atoms with van der Waals surface area (Å²) in [5.74, 6) is 0.0624. The molecule has 6 heterocycles. The molecule has 0 amide bonds. The lowest BCUT2D eigenvalue weighted by Crippen LogP contribution is -2.39. The van der Waals surface area contributed by atoms with Crippen molar-refractivity contribution in [3.8, 4) is 0 Å². The van der Waals surface area contributed by atoms with E-state index < -0.39 is 77.9 Å². The second-order valence-electron chi connectivity index (χ2n) is 10.0. The van der Waals surface area contributed by atoms with E-state index in [1.54, 1.807) is 24.3 Å². The van der Waals surface area contributed by atoms with Gasteiger partial charge in [-0.3, -0.25) is 22.7 Å². The molecule has 0 radical (unpaired) electrons. The third-order valence-corrected chi connectivity index (χ3v) is 9.32. The zero-order valence-electron chi connectivity index (χ0n) is 21.8. The van der Waals surface area contributed by atoms with Crippen molar-refractivity contribution in [2.45, 2.75) is 49.1 Å². The van der Waals surface area contributed by atoms with Crippen molar-refractivity contribution in [1.29, 1.82) is 0 Å². The summed E-state index contributed by atoms with van der Waals surface area (Å²) < 4.78 is 61.6. The van der Waals surface area contributed by atoms with Crippen LogP contribution in [0.3, 0.4) is 0 Å². The van der Waals surface area contributed by atoms with Gasteiger partial charge in [-0.2, -0.15) is 0 Å². The maximum Gasteiger partial charge on any atom is 0.472 e. The number of aliphatic hydroxyl groups excluding tert-OH is 2. The second kappa shape index (κ2) is 10.6. The van der Waals surface area contributed by atoms with Crippen LogP contribution >= 0.6 is 15.6 Å². The summed E-state index contributed by atoms with van der Waals surface area (Å²) in [6, 6.07) is 6.98. The minimum absolute atomic E-state index is 0.0624. The number of imidazole rings is 2. The lowest BCUT2D eigenvalue weighted by atomic mass is 10.1. The number of benzene rings is 1. The number of aromatic nitrogens is 6. The summed E-state index contributed by atoms with van der Waals surface area (Å²) in [4.78, 5) is 37.5. The third kappa shape index (κ3) is 5.16. The van der Waals surface area contributed by atoms with E-state index in [1.165, 1.54) is 28.1 Å². The van der Waals surface area contributed by atoms with Crippen LogP contribution in [0.15, 0.2) is 43.2 Å². The number of para-hydroxylation sites is 2. The molecule has 3 aliphatic heterocycles. The summed E-state index contributed by atoms with van der Waals surface area (Å²) in [7, 11) is -9.91. The van der Waals surface area contributed by atoms with Crippen LogP contribution in [0.5, 0.6) is 0 Å². The first-order valence-corrected chi connectivity index (χ1v) is 15.8. The highest BCUT2D eigenvalue weighted by Crippen LogP contribution is 2.53. The van der Waals surface area contributed by atoms with Crippen LogP contribution in [-0.2, 0) is 36.7 Å². The smallest absolute Gasteiger partial charge is 0.386 e. The van der Waals surface area contributed by atoms with Crippen LogP contribution in [0, 0.1) is 0 Å². The van der Waals surface area contributed by atoms with Gasteiger partial charge in [-0.15, -0.1) is 0 Å². The monoisotopic (exact) mass is 641 g/mol. The molecule has 3 aliphatic rings. The Morgan fingerprint density at radius 3 is 2.05 bits per heavy atom. The molecule has 21 heteroatoms. The second-order valence-corrected chi connectivity index (χ2v) is 12.8. The minimum atomic E-state index is -4.96. The topological polar surface area (TPSA) is 258 Å². The summed E-state index contributed by atoms with van der Waals surface area (Å²) in [6.07, 6.45) is -7.76. The zero-order chi connectivity index (χ0) is 30.1.